The van der Waals surface area contributed by atoms with Crippen LogP contribution < -0.4 is 4.90 Å². The van der Waals surface area contributed by atoms with Crippen molar-refractivity contribution < 1.29 is 4.42 Å². The van der Waals surface area contributed by atoms with Crippen LogP contribution in [0.1, 0.15) is 0 Å². The predicted molar refractivity (Wildman–Crippen MR) is 253 cm³/mol. The molecule has 3 heteroatoms. The fourth-order valence-corrected chi connectivity index (χ4v) is 10.2. The zero-order valence-corrected chi connectivity index (χ0v) is 32.8. The molecule has 0 saturated carbocycles. The highest BCUT2D eigenvalue weighted by Gasteiger charge is 2.18. The molecule has 10 aromatic carbocycles. The summed E-state index contributed by atoms with van der Waals surface area (Å²) < 4.78 is 9.19. The average Bonchev–Trinajstić information content (AvgIpc) is 3.88. The van der Waals surface area contributed by atoms with Crippen LogP contribution in [0.4, 0.5) is 17.1 Å². The fourth-order valence-electron chi connectivity index (χ4n) is 9.03. The van der Waals surface area contributed by atoms with Crippen molar-refractivity contribution in [2.75, 3.05) is 4.90 Å². The van der Waals surface area contributed by atoms with Crippen LogP contribution in [0.15, 0.2) is 217 Å². The normalized spacial score (nSPS) is 11.7. The molecule has 0 atom stereocenters. The molecule has 2 nitrogen and oxygen atoms in total. The molecule has 12 aromatic rings. The first-order valence-electron chi connectivity index (χ1n) is 20.1. The van der Waals surface area contributed by atoms with Crippen molar-refractivity contribution in [3.63, 3.8) is 0 Å². The molecule has 0 amide bonds. The van der Waals surface area contributed by atoms with Crippen LogP contribution in [0.5, 0.6) is 0 Å². The minimum Gasteiger partial charge on any atom is -0.455 e. The van der Waals surface area contributed by atoms with Gasteiger partial charge in [-0.1, -0.05) is 152 Å². The highest BCUT2D eigenvalue weighted by Crippen LogP contribution is 2.43. The number of hydrogen-bond donors (Lipinski definition) is 0. The Balaban J connectivity index is 0.969. The Morgan fingerprint density at radius 1 is 0.339 bits per heavy atom. The molecule has 0 radical (unpaired) electrons. The van der Waals surface area contributed by atoms with E-state index in [2.05, 4.69) is 217 Å². The molecule has 0 saturated heterocycles. The molecule has 276 valence electrons. The molecular formula is C56H35NOS. The molecule has 0 bridgehead atoms. The molecule has 12 rings (SSSR count). The number of rotatable bonds is 6. The van der Waals surface area contributed by atoms with Gasteiger partial charge in [0.1, 0.15) is 11.2 Å². The second-order valence-corrected chi connectivity index (χ2v) is 16.3. The van der Waals surface area contributed by atoms with E-state index in [0.717, 1.165) is 55.5 Å². The van der Waals surface area contributed by atoms with E-state index in [1.165, 1.54) is 58.6 Å². The zero-order valence-electron chi connectivity index (χ0n) is 32.0. The van der Waals surface area contributed by atoms with Crippen molar-refractivity contribution in [2.45, 2.75) is 0 Å². The van der Waals surface area contributed by atoms with Crippen molar-refractivity contribution in [3.05, 3.63) is 212 Å². The first kappa shape index (κ1) is 33.7. The first-order chi connectivity index (χ1) is 29.2. The lowest BCUT2D eigenvalue weighted by molar-refractivity contribution is 0.673. The summed E-state index contributed by atoms with van der Waals surface area (Å²) in [6, 6.07) is 77.0. The maximum atomic E-state index is 6.55. The van der Waals surface area contributed by atoms with Gasteiger partial charge in [0.25, 0.3) is 0 Å². The summed E-state index contributed by atoms with van der Waals surface area (Å²) >= 11 is 1.86. The third-order valence-electron chi connectivity index (χ3n) is 11.9. The van der Waals surface area contributed by atoms with E-state index in [1.807, 2.05) is 11.3 Å². The van der Waals surface area contributed by atoms with E-state index in [0.29, 0.717) is 0 Å². The van der Waals surface area contributed by atoms with E-state index in [9.17, 15) is 0 Å². The molecule has 0 aliphatic heterocycles. The standard InChI is InChI=1S/C56H35NOS/c1-3-15-45-37(10-1)12-8-18-46(45)41-13-7-14-44(34-41)57(42-28-22-36(23-29-42)40-27-32-50-49-17-5-6-21-53(49)59-54(50)35-40)43-30-24-39(25-31-43)47-19-9-20-52-55(47)51-33-26-38-11-2-4-16-48(38)56(51)58-52/h1-35H. The SMILES string of the molecule is c1cc(-c2cccc3ccccc23)cc(N(c2ccc(-c3ccc4c(c3)sc3ccccc34)cc2)c2ccc(-c3cccc4oc5c6ccccc6ccc5c34)cc2)c1. The fraction of sp³-hybridized carbons (Fsp3) is 0. The van der Waals surface area contributed by atoms with Gasteiger partial charge in [0, 0.05) is 53.4 Å². The van der Waals surface area contributed by atoms with Gasteiger partial charge >= 0.3 is 0 Å². The van der Waals surface area contributed by atoms with Gasteiger partial charge < -0.3 is 9.32 Å². The lowest BCUT2D eigenvalue weighted by atomic mass is 9.97. The molecule has 2 aromatic heterocycles. The predicted octanol–water partition coefficient (Wildman–Crippen LogP) is 16.7. The number of furan rings is 1. The summed E-state index contributed by atoms with van der Waals surface area (Å²) in [5, 5.41) is 9.72. The van der Waals surface area contributed by atoms with E-state index < -0.39 is 0 Å². The van der Waals surface area contributed by atoms with E-state index in [1.54, 1.807) is 0 Å². The Bertz CT molecular complexity index is 3550. The third kappa shape index (κ3) is 5.62. The molecular weight excluding hydrogens is 735 g/mol. The number of anilines is 3. The number of thiophene rings is 1. The number of fused-ring (bicyclic) bond motifs is 9. The minimum atomic E-state index is 0.899. The Morgan fingerprint density at radius 3 is 1.78 bits per heavy atom. The number of nitrogens with zero attached hydrogens (tertiary/aromatic N) is 1. The highest BCUT2D eigenvalue weighted by molar-refractivity contribution is 7.25. The van der Waals surface area contributed by atoms with Gasteiger partial charge in [0.05, 0.1) is 0 Å². The summed E-state index contributed by atoms with van der Waals surface area (Å²) in [5.74, 6) is 0. The second-order valence-electron chi connectivity index (χ2n) is 15.3. The van der Waals surface area contributed by atoms with Crippen molar-refractivity contribution in [1.29, 1.82) is 0 Å². The average molecular weight is 770 g/mol. The highest BCUT2D eigenvalue weighted by atomic mass is 32.1. The lowest BCUT2D eigenvalue weighted by Gasteiger charge is -2.26. The zero-order chi connectivity index (χ0) is 38.9. The molecule has 59 heavy (non-hydrogen) atoms. The molecule has 0 spiro atoms. The van der Waals surface area contributed by atoms with Crippen molar-refractivity contribution >= 4 is 92.1 Å². The summed E-state index contributed by atoms with van der Waals surface area (Å²) in [4.78, 5) is 2.37. The Morgan fingerprint density at radius 2 is 0.949 bits per heavy atom. The van der Waals surface area contributed by atoms with Crippen molar-refractivity contribution in [3.8, 4) is 33.4 Å². The summed E-state index contributed by atoms with van der Waals surface area (Å²) in [6.45, 7) is 0. The van der Waals surface area contributed by atoms with E-state index in [-0.39, 0.29) is 0 Å². The van der Waals surface area contributed by atoms with Gasteiger partial charge in [-0.25, -0.2) is 0 Å². The van der Waals surface area contributed by atoms with Crippen LogP contribution in [0, 0.1) is 0 Å². The van der Waals surface area contributed by atoms with Crippen LogP contribution in [0.3, 0.4) is 0 Å². The van der Waals surface area contributed by atoms with Crippen LogP contribution in [0.25, 0.3) is 97.0 Å². The summed E-state index contributed by atoms with van der Waals surface area (Å²) in [7, 11) is 0. The van der Waals surface area contributed by atoms with Crippen molar-refractivity contribution in [2.24, 2.45) is 0 Å². The molecule has 0 aliphatic rings. The van der Waals surface area contributed by atoms with Crippen LogP contribution in [-0.2, 0) is 0 Å². The smallest absolute Gasteiger partial charge is 0.143 e. The molecule has 0 unspecified atom stereocenters. The van der Waals surface area contributed by atoms with Gasteiger partial charge in [-0.05, 0) is 110 Å². The maximum absolute atomic E-state index is 6.55. The monoisotopic (exact) mass is 769 g/mol. The topological polar surface area (TPSA) is 16.4 Å². The van der Waals surface area contributed by atoms with Gasteiger partial charge in [-0.2, -0.15) is 0 Å². The van der Waals surface area contributed by atoms with Crippen LogP contribution >= 0.6 is 11.3 Å². The molecule has 0 N–H and O–H groups in total. The van der Waals surface area contributed by atoms with E-state index >= 15 is 0 Å². The van der Waals surface area contributed by atoms with Gasteiger partial charge in [-0.3, -0.25) is 0 Å². The molecule has 0 fully saturated rings. The van der Waals surface area contributed by atoms with E-state index in [4.69, 9.17) is 4.42 Å². The minimum absolute atomic E-state index is 0.899. The van der Waals surface area contributed by atoms with Gasteiger partial charge in [0.2, 0.25) is 0 Å². The largest absolute Gasteiger partial charge is 0.455 e. The quantitative estimate of drug-likeness (QED) is 0.167. The second kappa shape index (κ2) is 13.6. The number of hydrogen-bond acceptors (Lipinski definition) is 3. The molecule has 2 heterocycles. The van der Waals surface area contributed by atoms with Gasteiger partial charge in [-0.15, -0.1) is 11.3 Å². The number of benzene rings is 10. The van der Waals surface area contributed by atoms with Gasteiger partial charge in [0.15, 0.2) is 0 Å². The third-order valence-corrected chi connectivity index (χ3v) is 13.0. The van der Waals surface area contributed by atoms with Crippen LogP contribution in [0.2, 0.25) is 0 Å². The lowest BCUT2D eigenvalue weighted by Crippen LogP contribution is -2.10. The van der Waals surface area contributed by atoms with Crippen molar-refractivity contribution in [1.82, 2.24) is 0 Å². The summed E-state index contributed by atoms with van der Waals surface area (Å²) in [5.41, 5.74) is 12.2. The Hall–Kier alpha value is -7.46. The first-order valence-corrected chi connectivity index (χ1v) is 20.9. The Labute approximate surface area is 345 Å². The Kier molecular flexibility index (Phi) is 7.75. The summed E-state index contributed by atoms with van der Waals surface area (Å²) in [6.07, 6.45) is 0. The van der Waals surface area contributed by atoms with Crippen LogP contribution in [-0.4, -0.2) is 0 Å². The molecule has 0 aliphatic carbocycles. The maximum Gasteiger partial charge on any atom is 0.143 e.